The van der Waals surface area contributed by atoms with Crippen molar-refractivity contribution >= 4 is 5.82 Å². The third-order valence-electron chi connectivity index (χ3n) is 2.99. The average Bonchev–Trinajstić information content (AvgIpc) is 2.39. The van der Waals surface area contributed by atoms with E-state index in [0.717, 1.165) is 38.3 Å². The van der Waals surface area contributed by atoms with E-state index in [4.69, 9.17) is 5.26 Å². The van der Waals surface area contributed by atoms with Crippen LogP contribution in [-0.4, -0.2) is 36.1 Å². The van der Waals surface area contributed by atoms with Crippen molar-refractivity contribution in [3.8, 4) is 6.07 Å². The molecule has 1 aromatic heterocycles. The average molecular weight is 246 g/mol. The molecule has 0 fully saturated rings. The zero-order valence-corrected chi connectivity index (χ0v) is 11.5. The summed E-state index contributed by atoms with van der Waals surface area (Å²) in [6.45, 7) is 10.4. The van der Waals surface area contributed by atoms with Crippen molar-refractivity contribution < 1.29 is 0 Å². The molecule has 0 unspecified atom stereocenters. The Hall–Kier alpha value is -1.60. The third kappa shape index (κ3) is 4.34. The molecular formula is C14H22N4. The molecule has 0 aromatic carbocycles. The van der Waals surface area contributed by atoms with Crippen molar-refractivity contribution in [2.75, 3.05) is 31.5 Å². The molecule has 4 heteroatoms. The second kappa shape index (κ2) is 7.67. The number of pyridine rings is 1. The number of aryl methyl sites for hydroxylation is 1. The smallest absolute Gasteiger partial charge is 0.144 e. The summed E-state index contributed by atoms with van der Waals surface area (Å²) in [5, 5.41) is 12.2. The van der Waals surface area contributed by atoms with Crippen LogP contribution in [0.1, 0.15) is 31.5 Å². The Morgan fingerprint density at radius 3 is 2.67 bits per heavy atom. The fourth-order valence-electron chi connectivity index (χ4n) is 1.83. The van der Waals surface area contributed by atoms with Crippen LogP contribution >= 0.6 is 0 Å². The number of hydrogen-bond acceptors (Lipinski definition) is 4. The Morgan fingerprint density at radius 2 is 2.06 bits per heavy atom. The number of anilines is 1. The summed E-state index contributed by atoms with van der Waals surface area (Å²) in [6, 6.07) is 5.83. The van der Waals surface area contributed by atoms with Gasteiger partial charge in [0.1, 0.15) is 11.9 Å². The van der Waals surface area contributed by atoms with Gasteiger partial charge in [0.25, 0.3) is 0 Å². The highest BCUT2D eigenvalue weighted by atomic mass is 15.1. The highest BCUT2D eigenvalue weighted by Crippen LogP contribution is 2.11. The monoisotopic (exact) mass is 246 g/mol. The normalized spacial score (nSPS) is 10.4. The van der Waals surface area contributed by atoms with E-state index in [1.807, 2.05) is 19.1 Å². The molecular weight excluding hydrogens is 224 g/mol. The molecule has 4 nitrogen and oxygen atoms in total. The van der Waals surface area contributed by atoms with E-state index in [1.54, 1.807) is 0 Å². The number of rotatable bonds is 7. The fraction of sp³-hybridized carbons (Fsp3) is 0.571. The van der Waals surface area contributed by atoms with E-state index in [2.05, 4.69) is 35.1 Å². The molecule has 0 amide bonds. The first-order valence-electron chi connectivity index (χ1n) is 6.55. The number of hydrogen-bond donors (Lipinski definition) is 1. The van der Waals surface area contributed by atoms with Crippen LogP contribution in [0.15, 0.2) is 12.1 Å². The number of nitrogens with one attached hydrogen (secondary N) is 1. The van der Waals surface area contributed by atoms with Crippen molar-refractivity contribution in [1.29, 1.82) is 5.26 Å². The summed E-state index contributed by atoms with van der Waals surface area (Å²) < 4.78 is 0. The lowest BCUT2D eigenvalue weighted by Gasteiger charge is -2.17. The molecule has 0 aliphatic rings. The van der Waals surface area contributed by atoms with E-state index >= 15 is 0 Å². The molecule has 18 heavy (non-hydrogen) atoms. The molecule has 1 rings (SSSR count). The topological polar surface area (TPSA) is 52.0 Å². The van der Waals surface area contributed by atoms with E-state index in [-0.39, 0.29) is 0 Å². The Labute approximate surface area is 110 Å². The van der Waals surface area contributed by atoms with Gasteiger partial charge in [0.15, 0.2) is 0 Å². The molecule has 0 atom stereocenters. The summed E-state index contributed by atoms with van der Waals surface area (Å²) in [6.07, 6.45) is 1.06. The SMILES string of the molecule is CCN(CC)CCCNc1nc(C)ccc1C#N. The van der Waals surface area contributed by atoms with Crippen molar-refractivity contribution in [2.24, 2.45) is 0 Å². The Bertz CT molecular complexity index is 405. The summed E-state index contributed by atoms with van der Waals surface area (Å²) in [4.78, 5) is 6.74. The van der Waals surface area contributed by atoms with E-state index in [9.17, 15) is 0 Å². The summed E-state index contributed by atoms with van der Waals surface area (Å²) in [5.74, 6) is 0.706. The van der Waals surface area contributed by atoms with Crippen LogP contribution in [0.3, 0.4) is 0 Å². The first-order chi connectivity index (χ1) is 8.71. The van der Waals surface area contributed by atoms with Gasteiger partial charge < -0.3 is 10.2 Å². The van der Waals surface area contributed by atoms with Gasteiger partial charge in [0.2, 0.25) is 0 Å². The predicted octanol–water partition coefficient (Wildman–Crippen LogP) is 2.41. The third-order valence-corrected chi connectivity index (χ3v) is 2.99. The summed E-state index contributed by atoms with van der Waals surface area (Å²) in [5.41, 5.74) is 1.55. The van der Waals surface area contributed by atoms with E-state index in [1.165, 1.54) is 0 Å². The molecule has 1 heterocycles. The van der Waals surface area contributed by atoms with Gasteiger partial charge >= 0.3 is 0 Å². The zero-order chi connectivity index (χ0) is 13.4. The maximum Gasteiger partial charge on any atom is 0.144 e. The Kier molecular flexibility index (Phi) is 6.16. The molecule has 98 valence electrons. The van der Waals surface area contributed by atoms with Crippen molar-refractivity contribution in [3.63, 3.8) is 0 Å². The van der Waals surface area contributed by atoms with Crippen LogP contribution in [0, 0.1) is 18.3 Å². The molecule has 0 bridgehead atoms. The van der Waals surface area contributed by atoms with Crippen molar-refractivity contribution in [3.05, 3.63) is 23.4 Å². The Balaban J connectivity index is 2.44. The standard InChI is InChI=1S/C14H22N4/c1-4-18(5-2)10-6-9-16-14-13(11-15)8-7-12(3)17-14/h7-8H,4-6,9-10H2,1-3H3,(H,16,17). The lowest BCUT2D eigenvalue weighted by atomic mass is 10.2. The first kappa shape index (κ1) is 14.5. The minimum Gasteiger partial charge on any atom is -0.369 e. The van der Waals surface area contributed by atoms with Gasteiger partial charge in [-0.3, -0.25) is 0 Å². The van der Waals surface area contributed by atoms with Crippen molar-refractivity contribution in [2.45, 2.75) is 27.2 Å². The fourth-order valence-corrected chi connectivity index (χ4v) is 1.83. The van der Waals surface area contributed by atoms with Gasteiger partial charge in [0, 0.05) is 12.2 Å². The quantitative estimate of drug-likeness (QED) is 0.751. The van der Waals surface area contributed by atoms with Crippen LogP contribution in [0.2, 0.25) is 0 Å². The van der Waals surface area contributed by atoms with Gasteiger partial charge in [-0.25, -0.2) is 4.98 Å². The number of nitriles is 1. The van der Waals surface area contributed by atoms with Gasteiger partial charge in [-0.05, 0) is 45.1 Å². The maximum absolute atomic E-state index is 8.99. The molecule has 0 saturated heterocycles. The minimum absolute atomic E-state index is 0.614. The van der Waals surface area contributed by atoms with E-state index in [0.29, 0.717) is 11.4 Å². The summed E-state index contributed by atoms with van der Waals surface area (Å²) in [7, 11) is 0. The van der Waals surface area contributed by atoms with Gasteiger partial charge in [0.05, 0.1) is 5.56 Å². The lowest BCUT2D eigenvalue weighted by Crippen LogP contribution is -2.25. The van der Waals surface area contributed by atoms with Gasteiger partial charge in [-0.15, -0.1) is 0 Å². The number of aromatic nitrogens is 1. The maximum atomic E-state index is 8.99. The van der Waals surface area contributed by atoms with Crippen LogP contribution in [0.25, 0.3) is 0 Å². The van der Waals surface area contributed by atoms with Crippen LogP contribution < -0.4 is 5.32 Å². The predicted molar refractivity (Wildman–Crippen MR) is 74.6 cm³/mol. The summed E-state index contributed by atoms with van der Waals surface area (Å²) >= 11 is 0. The largest absolute Gasteiger partial charge is 0.369 e. The molecule has 1 N–H and O–H groups in total. The Morgan fingerprint density at radius 1 is 1.33 bits per heavy atom. The highest BCUT2D eigenvalue weighted by Gasteiger charge is 2.03. The molecule has 0 spiro atoms. The molecule has 0 aliphatic heterocycles. The number of nitrogens with zero attached hydrogens (tertiary/aromatic N) is 3. The van der Waals surface area contributed by atoms with Crippen LogP contribution in [-0.2, 0) is 0 Å². The molecule has 0 saturated carbocycles. The van der Waals surface area contributed by atoms with Crippen molar-refractivity contribution in [1.82, 2.24) is 9.88 Å². The van der Waals surface area contributed by atoms with Crippen LogP contribution in [0.4, 0.5) is 5.82 Å². The van der Waals surface area contributed by atoms with Crippen LogP contribution in [0.5, 0.6) is 0 Å². The van der Waals surface area contributed by atoms with Gasteiger partial charge in [-0.1, -0.05) is 13.8 Å². The molecule has 0 aliphatic carbocycles. The molecule has 1 aromatic rings. The first-order valence-corrected chi connectivity index (χ1v) is 6.55. The zero-order valence-electron chi connectivity index (χ0n) is 11.5. The lowest BCUT2D eigenvalue weighted by molar-refractivity contribution is 0.303. The second-order valence-corrected chi connectivity index (χ2v) is 4.27. The molecule has 0 radical (unpaired) electrons. The van der Waals surface area contributed by atoms with E-state index < -0.39 is 0 Å². The minimum atomic E-state index is 0.614. The highest BCUT2D eigenvalue weighted by molar-refractivity contribution is 5.52. The second-order valence-electron chi connectivity index (χ2n) is 4.27. The van der Waals surface area contributed by atoms with Gasteiger partial charge in [-0.2, -0.15) is 5.26 Å².